The third-order valence-corrected chi connectivity index (χ3v) is 1.99. The molecule has 0 radical (unpaired) electrons. The Morgan fingerprint density at radius 3 is 2.67 bits per heavy atom. The summed E-state index contributed by atoms with van der Waals surface area (Å²) in [6.45, 7) is 5.24. The minimum absolute atomic E-state index is 0.109. The molecule has 0 aliphatic carbocycles. The number of aromatic nitrogens is 2. The molecule has 3 N–H and O–H groups in total. The van der Waals surface area contributed by atoms with E-state index in [2.05, 4.69) is 5.10 Å². The first-order valence-electron chi connectivity index (χ1n) is 5.44. The Morgan fingerprint density at radius 2 is 2.17 bits per heavy atom. The Morgan fingerprint density at radius 1 is 1.56 bits per heavy atom. The molecule has 1 heterocycles. The van der Waals surface area contributed by atoms with Gasteiger partial charge in [-0.15, -0.1) is 0 Å². The van der Waals surface area contributed by atoms with E-state index in [1.807, 2.05) is 0 Å². The van der Waals surface area contributed by atoms with Crippen LogP contribution in [0.1, 0.15) is 26.3 Å². The summed E-state index contributed by atoms with van der Waals surface area (Å²) in [6.07, 6.45) is 2.31. The summed E-state index contributed by atoms with van der Waals surface area (Å²) in [5.74, 6) is -1.10. The molecule has 7 heteroatoms. The quantitative estimate of drug-likeness (QED) is 0.819. The monoisotopic (exact) mass is 255 g/mol. The number of carbonyl (C=O) groups is 2. The van der Waals surface area contributed by atoms with Crippen molar-refractivity contribution in [3.8, 4) is 0 Å². The molecule has 0 saturated heterocycles. The van der Waals surface area contributed by atoms with Crippen molar-refractivity contribution in [3.63, 3.8) is 0 Å². The highest BCUT2D eigenvalue weighted by molar-refractivity contribution is 5.73. The van der Waals surface area contributed by atoms with Crippen LogP contribution in [0.5, 0.6) is 0 Å². The highest BCUT2D eigenvalue weighted by Gasteiger charge is 2.19. The summed E-state index contributed by atoms with van der Waals surface area (Å²) in [4.78, 5) is 22.2. The van der Waals surface area contributed by atoms with Crippen LogP contribution in [-0.2, 0) is 16.0 Å². The van der Waals surface area contributed by atoms with Gasteiger partial charge in [0.05, 0.1) is 6.20 Å². The second-order valence-corrected chi connectivity index (χ2v) is 4.92. The van der Waals surface area contributed by atoms with Crippen molar-refractivity contribution < 1.29 is 19.4 Å². The summed E-state index contributed by atoms with van der Waals surface area (Å²) < 4.78 is 6.13. The molecule has 1 atom stereocenters. The van der Waals surface area contributed by atoms with Crippen LogP contribution in [0.4, 0.5) is 4.79 Å². The van der Waals surface area contributed by atoms with Crippen molar-refractivity contribution in [1.82, 2.24) is 9.78 Å². The standard InChI is InChI=1S/C11H17N3O4/c1-11(2,3)18-10(17)14-6-7(5-13-14)4-8(12)9(15)16/h5-6,8H,4,12H2,1-3H3,(H,15,16)/t8-/m0/s1. The molecule has 7 nitrogen and oxygen atoms in total. The van der Waals surface area contributed by atoms with E-state index in [1.165, 1.54) is 12.4 Å². The smallest absolute Gasteiger partial charge is 0.435 e. The zero-order chi connectivity index (χ0) is 13.9. The molecule has 100 valence electrons. The van der Waals surface area contributed by atoms with Gasteiger partial charge in [-0.1, -0.05) is 0 Å². The second kappa shape index (κ2) is 5.18. The van der Waals surface area contributed by atoms with Gasteiger partial charge in [-0.2, -0.15) is 9.78 Å². The van der Waals surface area contributed by atoms with Crippen molar-refractivity contribution in [2.75, 3.05) is 0 Å². The number of nitrogens with two attached hydrogens (primary N) is 1. The fourth-order valence-electron chi connectivity index (χ4n) is 1.22. The van der Waals surface area contributed by atoms with Gasteiger partial charge in [-0.25, -0.2) is 4.79 Å². The average Bonchev–Trinajstić information content (AvgIpc) is 2.63. The largest absolute Gasteiger partial charge is 0.480 e. The molecule has 0 aromatic carbocycles. The predicted octanol–water partition coefficient (Wildman–Crippen LogP) is 0.621. The Balaban J connectivity index is 2.69. The van der Waals surface area contributed by atoms with E-state index in [-0.39, 0.29) is 6.42 Å². The lowest BCUT2D eigenvalue weighted by atomic mass is 10.1. The van der Waals surface area contributed by atoms with Crippen LogP contribution in [0, 0.1) is 0 Å². The van der Waals surface area contributed by atoms with Crippen LogP contribution in [0.3, 0.4) is 0 Å². The Labute approximate surface area is 105 Å². The van der Waals surface area contributed by atoms with Crippen LogP contribution in [0.25, 0.3) is 0 Å². The Kier molecular flexibility index (Phi) is 4.07. The lowest BCUT2D eigenvalue weighted by Crippen LogP contribution is -2.32. The van der Waals surface area contributed by atoms with Crippen molar-refractivity contribution in [3.05, 3.63) is 18.0 Å². The van der Waals surface area contributed by atoms with Crippen LogP contribution in [0.15, 0.2) is 12.4 Å². The first-order valence-corrected chi connectivity index (χ1v) is 5.44. The summed E-state index contributed by atoms with van der Waals surface area (Å²) in [5, 5.41) is 12.5. The average molecular weight is 255 g/mol. The molecule has 0 unspecified atom stereocenters. The number of carboxylic acid groups (broad SMARTS) is 1. The lowest BCUT2D eigenvalue weighted by Gasteiger charge is -2.18. The molecule has 1 aromatic rings. The zero-order valence-corrected chi connectivity index (χ0v) is 10.6. The first kappa shape index (κ1) is 14.2. The molecule has 0 aliphatic heterocycles. The maximum Gasteiger partial charge on any atom is 0.435 e. The van der Waals surface area contributed by atoms with Crippen LogP contribution >= 0.6 is 0 Å². The van der Waals surface area contributed by atoms with Crippen LogP contribution in [0.2, 0.25) is 0 Å². The fourth-order valence-corrected chi connectivity index (χ4v) is 1.22. The summed E-state index contributed by atoms with van der Waals surface area (Å²) in [6, 6.07) is -1.01. The Bertz CT molecular complexity index is 447. The normalized spacial score (nSPS) is 13.1. The van der Waals surface area contributed by atoms with Gasteiger partial charge in [0, 0.05) is 12.6 Å². The van der Waals surface area contributed by atoms with E-state index in [4.69, 9.17) is 15.6 Å². The number of carboxylic acids is 1. The van der Waals surface area contributed by atoms with Gasteiger partial charge >= 0.3 is 12.1 Å². The van der Waals surface area contributed by atoms with Gasteiger partial charge in [-0.3, -0.25) is 4.79 Å². The molecular weight excluding hydrogens is 238 g/mol. The van der Waals surface area contributed by atoms with E-state index in [1.54, 1.807) is 20.8 Å². The molecule has 18 heavy (non-hydrogen) atoms. The van der Waals surface area contributed by atoms with E-state index < -0.39 is 23.7 Å². The van der Waals surface area contributed by atoms with Gasteiger partial charge in [-0.05, 0) is 26.3 Å². The molecule has 0 saturated carbocycles. The van der Waals surface area contributed by atoms with Crippen LogP contribution in [-0.4, -0.2) is 38.6 Å². The predicted molar refractivity (Wildman–Crippen MR) is 63.2 cm³/mol. The third-order valence-electron chi connectivity index (χ3n) is 1.99. The van der Waals surface area contributed by atoms with Gasteiger partial charge in [0.1, 0.15) is 11.6 Å². The highest BCUT2D eigenvalue weighted by Crippen LogP contribution is 2.09. The van der Waals surface area contributed by atoms with Gasteiger partial charge in [0.25, 0.3) is 0 Å². The highest BCUT2D eigenvalue weighted by atomic mass is 16.6. The van der Waals surface area contributed by atoms with Gasteiger partial charge in [0.15, 0.2) is 0 Å². The number of aliphatic carboxylic acids is 1. The molecular formula is C11H17N3O4. The number of nitrogens with zero attached hydrogens (tertiary/aromatic N) is 2. The third kappa shape index (κ3) is 4.17. The van der Waals surface area contributed by atoms with E-state index >= 15 is 0 Å². The van der Waals surface area contributed by atoms with E-state index in [0.29, 0.717) is 5.56 Å². The number of rotatable bonds is 3. The zero-order valence-electron chi connectivity index (χ0n) is 10.6. The Hall–Kier alpha value is -1.89. The summed E-state index contributed by atoms with van der Waals surface area (Å²) in [7, 11) is 0. The number of ether oxygens (including phenoxy) is 1. The summed E-state index contributed by atoms with van der Waals surface area (Å²) >= 11 is 0. The van der Waals surface area contributed by atoms with Crippen molar-refractivity contribution >= 4 is 12.1 Å². The van der Waals surface area contributed by atoms with E-state index in [9.17, 15) is 9.59 Å². The number of carbonyl (C=O) groups excluding carboxylic acids is 1. The van der Waals surface area contributed by atoms with E-state index in [0.717, 1.165) is 4.68 Å². The summed E-state index contributed by atoms with van der Waals surface area (Å²) in [5.41, 5.74) is 5.34. The molecule has 0 bridgehead atoms. The molecule has 0 fully saturated rings. The SMILES string of the molecule is CC(C)(C)OC(=O)n1cc(C[C@H](N)C(=O)O)cn1. The van der Waals surface area contributed by atoms with Gasteiger partial charge in [0.2, 0.25) is 0 Å². The molecule has 1 rings (SSSR count). The maximum absolute atomic E-state index is 11.6. The fraction of sp³-hybridized carbons (Fsp3) is 0.545. The minimum atomic E-state index is -1.10. The topological polar surface area (TPSA) is 107 Å². The molecule has 0 aliphatic rings. The molecule has 1 aromatic heterocycles. The van der Waals surface area contributed by atoms with Crippen LogP contribution < -0.4 is 5.73 Å². The van der Waals surface area contributed by atoms with Crippen molar-refractivity contribution in [1.29, 1.82) is 0 Å². The minimum Gasteiger partial charge on any atom is -0.480 e. The molecule has 0 amide bonds. The number of hydrogen-bond donors (Lipinski definition) is 2. The maximum atomic E-state index is 11.6. The van der Waals surface area contributed by atoms with Crippen molar-refractivity contribution in [2.24, 2.45) is 5.73 Å². The first-order chi connectivity index (χ1) is 8.19. The lowest BCUT2D eigenvalue weighted by molar-refractivity contribution is -0.138. The van der Waals surface area contributed by atoms with Crippen molar-refractivity contribution in [2.45, 2.75) is 38.8 Å². The molecule has 0 spiro atoms. The number of hydrogen-bond acceptors (Lipinski definition) is 5. The van der Waals surface area contributed by atoms with Gasteiger partial charge < -0.3 is 15.6 Å². The second-order valence-electron chi connectivity index (χ2n) is 4.92.